The van der Waals surface area contributed by atoms with E-state index in [1.165, 1.54) is 0 Å². The molecule has 1 aliphatic carbocycles. The Kier molecular flexibility index (Phi) is 3.62. The van der Waals surface area contributed by atoms with Gasteiger partial charge in [0.1, 0.15) is 0 Å². The molecule has 0 saturated carbocycles. The lowest BCUT2D eigenvalue weighted by Crippen LogP contribution is -2.18. The summed E-state index contributed by atoms with van der Waals surface area (Å²) in [5.74, 6) is -1.13. The van der Waals surface area contributed by atoms with Gasteiger partial charge in [-0.25, -0.2) is 0 Å². The summed E-state index contributed by atoms with van der Waals surface area (Å²) in [5.41, 5.74) is 9.07. The Bertz CT molecular complexity index is 1090. The summed E-state index contributed by atoms with van der Waals surface area (Å²) in [7, 11) is 0. The molecule has 26 heavy (non-hydrogen) atoms. The average molecular weight is 342 g/mol. The van der Waals surface area contributed by atoms with Crippen molar-refractivity contribution in [2.24, 2.45) is 5.73 Å². The lowest BCUT2D eigenvalue weighted by molar-refractivity contribution is 0.0999. The van der Waals surface area contributed by atoms with Gasteiger partial charge >= 0.3 is 0 Å². The van der Waals surface area contributed by atoms with Crippen LogP contribution in [-0.4, -0.2) is 17.6 Å². The van der Waals surface area contributed by atoms with Gasteiger partial charge < -0.3 is 11.1 Å². The van der Waals surface area contributed by atoms with Gasteiger partial charge in [-0.15, -0.1) is 0 Å². The van der Waals surface area contributed by atoms with Crippen LogP contribution >= 0.6 is 0 Å². The van der Waals surface area contributed by atoms with E-state index >= 15 is 0 Å². The molecule has 0 radical (unpaired) electrons. The summed E-state index contributed by atoms with van der Waals surface area (Å²) in [6, 6.07) is 18.9. The standard InChI is InChI=1S/C21H14N2O3/c22-20(25)16-7-3-4-8-18(16)23-21(26)12-9-10-14-13-5-1-2-6-15(13)19(24)17(14)11-12/h1-11H,(H2,22,25)(H,23,26). The number of rotatable bonds is 3. The highest BCUT2D eigenvalue weighted by Crippen LogP contribution is 2.36. The number of anilines is 1. The molecule has 0 spiro atoms. The van der Waals surface area contributed by atoms with Crippen LogP contribution in [0, 0.1) is 0 Å². The summed E-state index contributed by atoms with van der Waals surface area (Å²) >= 11 is 0. The number of carbonyl (C=O) groups excluding carboxylic acids is 3. The van der Waals surface area contributed by atoms with E-state index in [4.69, 9.17) is 5.73 Å². The molecule has 1 aliphatic rings. The Morgan fingerprint density at radius 3 is 2.19 bits per heavy atom. The Morgan fingerprint density at radius 1 is 0.769 bits per heavy atom. The van der Waals surface area contributed by atoms with Crippen molar-refractivity contribution in [2.45, 2.75) is 0 Å². The maximum atomic E-state index is 12.6. The molecule has 3 N–H and O–H groups in total. The summed E-state index contributed by atoms with van der Waals surface area (Å²) in [6.07, 6.45) is 0. The molecule has 0 aromatic heterocycles. The number of benzene rings is 3. The van der Waals surface area contributed by atoms with Gasteiger partial charge in [0.15, 0.2) is 5.78 Å². The Labute approximate surface area is 149 Å². The normalized spacial score (nSPS) is 11.6. The van der Waals surface area contributed by atoms with Gasteiger partial charge in [-0.3, -0.25) is 14.4 Å². The third-order valence-electron chi connectivity index (χ3n) is 4.43. The van der Waals surface area contributed by atoms with E-state index in [0.29, 0.717) is 22.4 Å². The van der Waals surface area contributed by atoms with Crippen LogP contribution < -0.4 is 11.1 Å². The van der Waals surface area contributed by atoms with E-state index in [1.54, 1.807) is 48.5 Å². The monoisotopic (exact) mass is 342 g/mol. The molecule has 4 rings (SSSR count). The predicted molar refractivity (Wildman–Crippen MR) is 98.2 cm³/mol. The summed E-state index contributed by atoms with van der Waals surface area (Å²) in [6.45, 7) is 0. The molecule has 0 atom stereocenters. The van der Waals surface area contributed by atoms with Crippen LogP contribution in [0.3, 0.4) is 0 Å². The van der Waals surface area contributed by atoms with E-state index in [0.717, 1.165) is 11.1 Å². The zero-order chi connectivity index (χ0) is 18.3. The number of amides is 2. The van der Waals surface area contributed by atoms with Crippen molar-refractivity contribution in [2.75, 3.05) is 5.32 Å². The molecule has 0 unspecified atom stereocenters. The lowest BCUT2D eigenvalue weighted by Gasteiger charge is -2.09. The van der Waals surface area contributed by atoms with Crippen LogP contribution in [0.1, 0.15) is 36.6 Å². The number of hydrogen-bond donors (Lipinski definition) is 2. The van der Waals surface area contributed by atoms with Gasteiger partial charge in [-0.2, -0.15) is 0 Å². The molecular formula is C21H14N2O3. The van der Waals surface area contributed by atoms with E-state index in [2.05, 4.69) is 5.32 Å². The molecular weight excluding hydrogens is 328 g/mol. The zero-order valence-corrected chi connectivity index (χ0v) is 13.7. The fourth-order valence-electron chi connectivity index (χ4n) is 3.17. The van der Waals surface area contributed by atoms with Crippen molar-refractivity contribution in [3.63, 3.8) is 0 Å². The van der Waals surface area contributed by atoms with Gasteiger partial charge in [0.25, 0.3) is 11.8 Å². The van der Waals surface area contributed by atoms with E-state index in [1.807, 2.05) is 18.2 Å². The van der Waals surface area contributed by atoms with Crippen molar-refractivity contribution in [3.05, 3.63) is 89.0 Å². The molecule has 3 aromatic rings. The lowest BCUT2D eigenvalue weighted by atomic mass is 10.0. The number of fused-ring (bicyclic) bond motifs is 3. The largest absolute Gasteiger partial charge is 0.366 e. The van der Waals surface area contributed by atoms with Gasteiger partial charge in [-0.1, -0.05) is 42.5 Å². The highest BCUT2D eigenvalue weighted by Gasteiger charge is 2.27. The number of hydrogen-bond acceptors (Lipinski definition) is 3. The molecule has 0 saturated heterocycles. The van der Waals surface area contributed by atoms with Crippen LogP contribution in [0.5, 0.6) is 0 Å². The average Bonchev–Trinajstić information content (AvgIpc) is 2.94. The first-order valence-electron chi connectivity index (χ1n) is 8.04. The molecule has 0 aliphatic heterocycles. The maximum Gasteiger partial charge on any atom is 0.255 e. The number of nitrogens with one attached hydrogen (secondary N) is 1. The van der Waals surface area contributed by atoms with Crippen LogP contribution in [0.15, 0.2) is 66.7 Å². The van der Waals surface area contributed by atoms with E-state index < -0.39 is 11.8 Å². The van der Waals surface area contributed by atoms with Crippen molar-refractivity contribution < 1.29 is 14.4 Å². The fraction of sp³-hybridized carbons (Fsp3) is 0. The molecule has 3 aromatic carbocycles. The minimum absolute atomic E-state index is 0.0946. The maximum absolute atomic E-state index is 12.6. The van der Waals surface area contributed by atoms with E-state index in [-0.39, 0.29) is 11.3 Å². The first-order valence-corrected chi connectivity index (χ1v) is 8.04. The van der Waals surface area contributed by atoms with Gasteiger partial charge in [0.05, 0.1) is 11.3 Å². The quantitative estimate of drug-likeness (QED) is 0.599. The number of carbonyl (C=O) groups is 3. The van der Waals surface area contributed by atoms with E-state index in [9.17, 15) is 14.4 Å². The minimum Gasteiger partial charge on any atom is -0.366 e. The topological polar surface area (TPSA) is 89.3 Å². The Morgan fingerprint density at radius 2 is 1.42 bits per heavy atom. The summed E-state index contributed by atoms with van der Waals surface area (Å²) in [4.78, 5) is 36.7. The minimum atomic E-state index is -0.625. The Balaban J connectivity index is 1.68. The predicted octanol–water partition coefficient (Wildman–Crippen LogP) is 3.25. The molecule has 0 bridgehead atoms. The Hall–Kier alpha value is -3.73. The highest BCUT2D eigenvalue weighted by atomic mass is 16.2. The second-order valence-corrected chi connectivity index (χ2v) is 6.00. The van der Waals surface area contributed by atoms with Crippen molar-refractivity contribution in [1.82, 2.24) is 0 Å². The second-order valence-electron chi connectivity index (χ2n) is 6.00. The number of ketones is 1. The van der Waals surface area contributed by atoms with Gasteiger partial charge in [0.2, 0.25) is 0 Å². The van der Waals surface area contributed by atoms with Crippen molar-refractivity contribution in [1.29, 1.82) is 0 Å². The smallest absolute Gasteiger partial charge is 0.255 e. The molecule has 0 heterocycles. The molecule has 2 amide bonds. The van der Waals surface area contributed by atoms with Gasteiger partial charge in [0, 0.05) is 16.7 Å². The summed E-state index contributed by atoms with van der Waals surface area (Å²) in [5, 5.41) is 2.68. The van der Waals surface area contributed by atoms with Crippen LogP contribution in [0.4, 0.5) is 5.69 Å². The SMILES string of the molecule is NC(=O)c1ccccc1NC(=O)c1ccc2c(c1)C(=O)c1ccccc1-2. The third kappa shape index (κ3) is 2.46. The number of nitrogens with two attached hydrogens (primary N) is 1. The summed E-state index contributed by atoms with van der Waals surface area (Å²) < 4.78 is 0. The molecule has 5 heteroatoms. The number of primary amides is 1. The van der Waals surface area contributed by atoms with Crippen LogP contribution in [-0.2, 0) is 0 Å². The van der Waals surface area contributed by atoms with Crippen molar-refractivity contribution >= 4 is 23.3 Å². The van der Waals surface area contributed by atoms with Crippen molar-refractivity contribution in [3.8, 4) is 11.1 Å². The first-order chi connectivity index (χ1) is 12.6. The van der Waals surface area contributed by atoms with Gasteiger partial charge in [-0.05, 0) is 35.4 Å². The molecule has 0 fully saturated rings. The highest BCUT2D eigenvalue weighted by molar-refractivity contribution is 6.22. The zero-order valence-electron chi connectivity index (χ0n) is 13.7. The third-order valence-corrected chi connectivity index (χ3v) is 4.43. The second kappa shape index (κ2) is 5.97. The molecule has 5 nitrogen and oxygen atoms in total. The molecule has 126 valence electrons. The number of para-hydroxylation sites is 1. The first kappa shape index (κ1) is 15.8. The van der Waals surface area contributed by atoms with Crippen LogP contribution in [0.25, 0.3) is 11.1 Å². The van der Waals surface area contributed by atoms with Crippen LogP contribution in [0.2, 0.25) is 0 Å². The fourth-order valence-corrected chi connectivity index (χ4v) is 3.17.